The van der Waals surface area contributed by atoms with Crippen LogP contribution in [0.15, 0.2) is 18.3 Å². The van der Waals surface area contributed by atoms with E-state index in [1.807, 2.05) is 0 Å². The van der Waals surface area contributed by atoms with Crippen LogP contribution in [0.1, 0.15) is 12.6 Å². The molecule has 2 rings (SSSR count). The SMILES string of the molecule is CC1CNCCN(c2ccc(C(F)(F)F)nc2)C1. The molecule has 1 N–H and O–H groups in total. The van der Waals surface area contributed by atoms with Crippen LogP contribution in [0, 0.1) is 5.92 Å². The lowest BCUT2D eigenvalue weighted by Gasteiger charge is -2.24. The van der Waals surface area contributed by atoms with Gasteiger partial charge in [0.25, 0.3) is 0 Å². The Hall–Kier alpha value is -1.30. The Morgan fingerprint density at radius 2 is 2.17 bits per heavy atom. The number of aromatic nitrogens is 1. The summed E-state index contributed by atoms with van der Waals surface area (Å²) < 4.78 is 37.2. The van der Waals surface area contributed by atoms with E-state index in [9.17, 15) is 13.2 Å². The van der Waals surface area contributed by atoms with Crippen LogP contribution < -0.4 is 10.2 Å². The first-order chi connectivity index (χ1) is 8.47. The summed E-state index contributed by atoms with van der Waals surface area (Å²) in [7, 11) is 0. The van der Waals surface area contributed by atoms with Gasteiger partial charge in [0.15, 0.2) is 0 Å². The summed E-state index contributed by atoms with van der Waals surface area (Å²) in [6, 6.07) is 2.53. The Morgan fingerprint density at radius 3 is 2.78 bits per heavy atom. The van der Waals surface area contributed by atoms with E-state index >= 15 is 0 Å². The van der Waals surface area contributed by atoms with Crippen molar-refractivity contribution in [2.24, 2.45) is 5.92 Å². The second kappa shape index (κ2) is 5.14. The van der Waals surface area contributed by atoms with Crippen molar-refractivity contribution < 1.29 is 13.2 Å². The van der Waals surface area contributed by atoms with Crippen LogP contribution in [0.5, 0.6) is 0 Å². The number of nitrogens with one attached hydrogen (secondary N) is 1. The van der Waals surface area contributed by atoms with Crippen molar-refractivity contribution in [3.8, 4) is 0 Å². The van der Waals surface area contributed by atoms with E-state index in [1.54, 1.807) is 0 Å². The molecule has 1 fully saturated rings. The van der Waals surface area contributed by atoms with Crippen molar-refractivity contribution in [1.29, 1.82) is 0 Å². The predicted octanol–water partition coefficient (Wildman–Crippen LogP) is 2.15. The number of alkyl halides is 3. The van der Waals surface area contributed by atoms with Gasteiger partial charge in [-0.05, 0) is 24.6 Å². The third kappa shape index (κ3) is 3.13. The highest BCUT2D eigenvalue weighted by Gasteiger charge is 2.32. The number of rotatable bonds is 1. The fourth-order valence-corrected chi connectivity index (χ4v) is 2.07. The van der Waals surface area contributed by atoms with Crippen molar-refractivity contribution in [2.75, 3.05) is 31.1 Å². The van der Waals surface area contributed by atoms with Gasteiger partial charge in [-0.25, -0.2) is 4.98 Å². The van der Waals surface area contributed by atoms with Gasteiger partial charge >= 0.3 is 6.18 Å². The van der Waals surface area contributed by atoms with Crippen LogP contribution in [0.3, 0.4) is 0 Å². The molecule has 0 bridgehead atoms. The maximum atomic E-state index is 12.4. The van der Waals surface area contributed by atoms with E-state index in [-0.39, 0.29) is 0 Å². The van der Waals surface area contributed by atoms with E-state index in [4.69, 9.17) is 0 Å². The van der Waals surface area contributed by atoms with Gasteiger partial charge in [-0.15, -0.1) is 0 Å². The highest BCUT2D eigenvalue weighted by Crippen LogP contribution is 2.28. The number of hydrogen-bond donors (Lipinski definition) is 1. The molecule has 0 radical (unpaired) electrons. The average molecular weight is 259 g/mol. The lowest BCUT2D eigenvalue weighted by Crippen LogP contribution is -2.29. The molecular formula is C12H16F3N3. The predicted molar refractivity (Wildman–Crippen MR) is 63.5 cm³/mol. The molecule has 1 unspecified atom stereocenters. The van der Waals surface area contributed by atoms with Crippen molar-refractivity contribution in [3.63, 3.8) is 0 Å². The molecule has 1 saturated heterocycles. The molecule has 0 aromatic carbocycles. The van der Waals surface area contributed by atoms with Crippen molar-refractivity contribution in [3.05, 3.63) is 24.0 Å². The first-order valence-electron chi connectivity index (χ1n) is 5.96. The molecule has 1 aromatic heterocycles. The molecule has 1 aliphatic heterocycles. The standard InChI is InChI=1S/C12H16F3N3/c1-9-6-16-4-5-18(8-9)10-2-3-11(17-7-10)12(13,14)15/h2-3,7,9,16H,4-6,8H2,1H3. The zero-order chi connectivity index (χ0) is 13.2. The van der Waals surface area contributed by atoms with Gasteiger partial charge in [0.1, 0.15) is 5.69 Å². The molecular weight excluding hydrogens is 243 g/mol. The minimum Gasteiger partial charge on any atom is -0.369 e. The quantitative estimate of drug-likeness (QED) is 0.837. The monoisotopic (exact) mass is 259 g/mol. The summed E-state index contributed by atoms with van der Waals surface area (Å²) in [6.45, 7) is 5.51. The third-order valence-electron chi connectivity index (χ3n) is 2.99. The van der Waals surface area contributed by atoms with Crippen molar-refractivity contribution in [2.45, 2.75) is 13.1 Å². The largest absolute Gasteiger partial charge is 0.433 e. The van der Waals surface area contributed by atoms with Gasteiger partial charge in [0.05, 0.1) is 11.9 Å². The molecule has 18 heavy (non-hydrogen) atoms. The van der Waals surface area contributed by atoms with Gasteiger partial charge in [-0.3, -0.25) is 0 Å². The lowest BCUT2D eigenvalue weighted by atomic mass is 10.1. The minimum absolute atomic E-state index is 0.467. The second-order valence-corrected chi connectivity index (χ2v) is 4.65. The molecule has 1 aromatic rings. The second-order valence-electron chi connectivity index (χ2n) is 4.65. The molecule has 6 heteroatoms. The Bertz CT molecular complexity index is 389. The number of halogens is 3. The zero-order valence-electron chi connectivity index (χ0n) is 10.2. The number of anilines is 1. The summed E-state index contributed by atoms with van der Waals surface area (Å²) in [5.74, 6) is 0.467. The molecule has 0 spiro atoms. The first-order valence-corrected chi connectivity index (χ1v) is 5.96. The van der Waals surface area contributed by atoms with E-state index in [1.165, 1.54) is 12.3 Å². The topological polar surface area (TPSA) is 28.2 Å². The molecule has 1 atom stereocenters. The number of hydrogen-bond acceptors (Lipinski definition) is 3. The zero-order valence-corrected chi connectivity index (χ0v) is 10.2. The van der Waals surface area contributed by atoms with E-state index in [0.717, 1.165) is 37.9 Å². The molecule has 1 aliphatic rings. The summed E-state index contributed by atoms with van der Waals surface area (Å²) in [4.78, 5) is 5.56. The molecule has 2 heterocycles. The van der Waals surface area contributed by atoms with Crippen LogP contribution in [-0.2, 0) is 6.18 Å². The average Bonchev–Trinajstić information content (AvgIpc) is 2.53. The van der Waals surface area contributed by atoms with Gasteiger partial charge in [0.2, 0.25) is 0 Å². The van der Waals surface area contributed by atoms with Crippen molar-refractivity contribution in [1.82, 2.24) is 10.3 Å². The Labute approximate surface area is 104 Å². The number of pyridine rings is 1. The Kier molecular flexibility index (Phi) is 3.75. The lowest BCUT2D eigenvalue weighted by molar-refractivity contribution is -0.141. The summed E-state index contributed by atoms with van der Waals surface area (Å²) >= 11 is 0. The maximum Gasteiger partial charge on any atom is 0.433 e. The van der Waals surface area contributed by atoms with Crippen molar-refractivity contribution >= 4 is 5.69 Å². The minimum atomic E-state index is -4.37. The van der Waals surface area contributed by atoms with Gasteiger partial charge < -0.3 is 10.2 Å². The summed E-state index contributed by atoms with van der Waals surface area (Å²) in [6.07, 6.45) is -3.06. The smallest absolute Gasteiger partial charge is 0.369 e. The van der Waals surface area contributed by atoms with E-state index in [2.05, 4.69) is 22.1 Å². The Balaban J connectivity index is 2.13. The normalized spacial score (nSPS) is 21.8. The summed E-state index contributed by atoms with van der Waals surface area (Å²) in [5, 5.41) is 3.29. The summed E-state index contributed by atoms with van der Waals surface area (Å²) in [5.41, 5.74) is -0.0919. The van der Waals surface area contributed by atoms with E-state index < -0.39 is 11.9 Å². The van der Waals surface area contributed by atoms with Crippen LogP contribution in [-0.4, -0.2) is 31.2 Å². The van der Waals surface area contributed by atoms with Gasteiger partial charge in [0, 0.05) is 19.6 Å². The Morgan fingerprint density at radius 1 is 1.39 bits per heavy atom. The maximum absolute atomic E-state index is 12.4. The van der Waals surface area contributed by atoms with Gasteiger partial charge in [-0.2, -0.15) is 13.2 Å². The van der Waals surface area contributed by atoms with Crippen LogP contribution in [0.4, 0.5) is 18.9 Å². The fourth-order valence-electron chi connectivity index (χ4n) is 2.07. The molecule has 0 amide bonds. The van der Waals surface area contributed by atoms with Gasteiger partial charge in [-0.1, -0.05) is 6.92 Å². The number of nitrogens with zero attached hydrogens (tertiary/aromatic N) is 2. The third-order valence-corrected chi connectivity index (χ3v) is 2.99. The first kappa shape index (κ1) is 13.1. The molecule has 100 valence electrons. The molecule has 0 saturated carbocycles. The van der Waals surface area contributed by atoms with E-state index in [0.29, 0.717) is 5.92 Å². The fraction of sp³-hybridized carbons (Fsp3) is 0.583. The van der Waals surface area contributed by atoms with Crippen LogP contribution in [0.25, 0.3) is 0 Å². The molecule has 0 aliphatic carbocycles. The van der Waals surface area contributed by atoms with Crippen LogP contribution in [0.2, 0.25) is 0 Å². The highest BCUT2D eigenvalue weighted by molar-refractivity contribution is 5.45. The molecule has 3 nitrogen and oxygen atoms in total. The van der Waals surface area contributed by atoms with Crippen LogP contribution >= 0.6 is 0 Å². The highest BCUT2D eigenvalue weighted by atomic mass is 19.4.